The first-order valence-electron chi connectivity index (χ1n) is 8.32. The summed E-state index contributed by atoms with van der Waals surface area (Å²) in [6.07, 6.45) is -0.755. The second-order valence-electron chi connectivity index (χ2n) is 5.38. The van der Waals surface area contributed by atoms with Gasteiger partial charge in [0.15, 0.2) is 5.96 Å². The van der Waals surface area contributed by atoms with E-state index in [1.807, 2.05) is 25.1 Å². The second-order valence-corrected chi connectivity index (χ2v) is 6.54. The van der Waals surface area contributed by atoms with E-state index in [-0.39, 0.29) is 12.4 Å². The molecule has 0 fully saturated rings. The Labute approximate surface area is 152 Å². The van der Waals surface area contributed by atoms with Gasteiger partial charge in [-0.2, -0.15) is 0 Å². The number of aliphatic hydroxyl groups is 1. The number of hydrogen-bond acceptors (Lipinski definition) is 3. The minimum atomic E-state index is -0.755. The molecule has 134 valence electrons. The lowest BCUT2D eigenvalue weighted by atomic mass is 10.1. The van der Waals surface area contributed by atoms with E-state index in [4.69, 9.17) is 0 Å². The lowest BCUT2D eigenvalue weighted by Gasteiger charge is -2.13. The van der Waals surface area contributed by atoms with E-state index in [2.05, 4.69) is 27.8 Å². The zero-order valence-corrected chi connectivity index (χ0v) is 15.1. The molecule has 0 aliphatic carbocycles. The van der Waals surface area contributed by atoms with Gasteiger partial charge in [0.1, 0.15) is 5.82 Å². The SMILES string of the molecule is CCNC(=NCC(O)c1ccc(F)cc1)NCCSc1ccccc1. The number of nitrogens with one attached hydrogen (secondary N) is 2. The summed E-state index contributed by atoms with van der Waals surface area (Å²) in [6.45, 7) is 3.71. The van der Waals surface area contributed by atoms with Crippen LogP contribution < -0.4 is 10.6 Å². The van der Waals surface area contributed by atoms with Gasteiger partial charge in [-0.05, 0) is 36.8 Å². The van der Waals surface area contributed by atoms with Gasteiger partial charge in [0, 0.05) is 23.7 Å². The average molecular weight is 361 g/mol. The molecule has 0 spiro atoms. The predicted octanol–water partition coefficient (Wildman–Crippen LogP) is 3.21. The molecule has 0 aromatic heterocycles. The number of halogens is 1. The topological polar surface area (TPSA) is 56.7 Å². The summed E-state index contributed by atoms with van der Waals surface area (Å²) in [5.41, 5.74) is 0.653. The van der Waals surface area contributed by atoms with Crippen LogP contribution in [0.1, 0.15) is 18.6 Å². The van der Waals surface area contributed by atoms with Gasteiger partial charge in [0.25, 0.3) is 0 Å². The van der Waals surface area contributed by atoms with Gasteiger partial charge in [-0.25, -0.2) is 4.39 Å². The standard InChI is InChI=1S/C19H24FN3OS/c1-2-21-19(22-12-13-25-17-6-4-3-5-7-17)23-14-18(24)15-8-10-16(20)11-9-15/h3-11,18,24H,2,12-14H2,1H3,(H2,21,22,23). The van der Waals surface area contributed by atoms with Crippen molar-refractivity contribution in [1.29, 1.82) is 0 Å². The first-order chi connectivity index (χ1) is 12.2. The number of benzene rings is 2. The third-order valence-corrected chi connectivity index (χ3v) is 4.44. The quantitative estimate of drug-likeness (QED) is 0.292. The number of aliphatic imine (C=N–C) groups is 1. The van der Waals surface area contributed by atoms with E-state index in [0.717, 1.165) is 18.8 Å². The summed E-state index contributed by atoms with van der Waals surface area (Å²) >= 11 is 1.77. The fourth-order valence-electron chi connectivity index (χ4n) is 2.16. The van der Waals surface area contributed by atoms with Gasteiger partial charge in [0.2, 0.25) is 0 Å². The monoisotopic (exact) mass is 361 g/mol. The Bertz CT molecular complexity index is 649. The van der Waals surface area contributed by atoms with Crippen LogP contribution in [0.15, 0.2) is 64.5 Å². The molecule has 0 amide bonds. The van der Waals surface area contributed by atoms with Crippen LogP contribution in [0.3, 0.4) is 0 Å². The van der Waals surface area contributed by atoms with Gasteiger partial charge >= 0.3 is 0 Å². The smallest absolute Gasteiger partial charge is 0.191 e. The number of hydrogen-bond donors (Lipinski definition) is 3. The van der Waals surface area contributed by atoms with Crippen molar-refractivity contribution in [2.45, 2.75) is 17.9 Å². The Morgan fingerprint density at radius 1 is 1.12 bits per heavy atom. The lowest BCUT2D eigenvalue weighted by Crippen LogP contribution is -2.38. The van der Waals surface area contributed by atoms with Gasteiger partial charge in [-0.15, -0.1) is 11.8 Å². The molecule has 6 heteroatoms. The summed E-state index contributed by atoms with van der Waals surface area (Å²) in [4.78, 5) is 5.63. The maximum atomic E-state index is 12.9. The van der Waals surface area contributed by atoms with Gasteiger partial charge < -0.3 is 15.7 Å². The Kier molecular flexibility index (Phi) is 8.28. The summed E-state index contributed by atoms with van der Waals surface area (Å²) in [5.74, 6) is 1.26. The number of rotatable bonds is 8. The van der Waals surface area contributed by atoms with Crippen LogP contribution >= 0.6 is 11.8 Å². The first-order valence-corrected chi connectivity index (χ1v) is 9.31. The highest BCUT2D eigenvalue weighted by atomic mass is 32.2. The molecule has 0 aliphatic rings. The van der Waals surface area contributed by atoms with Crippen LogP contribution in [-0.4, -0.2) is 36.5 Å². The first kappa shape index (κ1) is 19.3. The fraction of sp³-hybridized carbons (Fsp3) is 0.316. The molecular formula is C19H24FN3OS. The van der Waals surface area contributed by atoms with Crippen molar-refractivity contribution < 1.29 is 9.50 Å². The van der Waals surface area contributed by atoms with E-state index < -0.39 is 6.10 Å². The van der Waals surface area contributed by atoms with Crippen molar-refractivity contribution in [3.63, 3.8) is 0 Å². The number of guanidine groups is 1. The van der Waals surface area contributed by atoms with E-state index in [1.165, 1.54) is 17.0 Å². The Morgan fingerprint density at radius 2 is 1.84 bits per heavy atom. The lowest BCUT2D eigenvalue weighted by molar-refractivity contribution is 0.187. The summed E-state index contributed by atoms with van der Waals surface area (Å²) in [5, 5.41) is 16.6. The van der Waals surface area contributed by atoms with E-state index >= 15 is 0 Å². The minimum absolute atomic E-state index is 0.215. The second kappa shape index (κ2) is 10.7. The van der Waals surface area contributed by atoms with E-state index in [0.29, 0.717) is 11.5 Å². The maximum absolute atomic E-state index is 12.9. The fourth-order valence-corrected chi connectivity index (χ4v) is 2.95. The predicted molar refractivity (Wildman–Crippen MR) is 103 cm³/mol. The zero-order valence-electron chi connectivity index (χ0n) is 14.3. The Morgan fingerprint density at radius 3 is 2.52 bits per heavy atom. The van der Waals surface area contributed by atoms with Gasteiger partial charge in [-0.1, -0.05) is 30.3 Å². The van der Waals surface area contributed by atoms with Crippen molar-refractivity contribution in [2.75, 3.05) is 25.4 Å². The van der Waals surface area contributed by atoms with Crippen molar-refractivity contribution in [3.8, 4) is 0 Å². The molecule has 0 saturated carbocycles. The summed E-state index contributed by atoms with van der Waals surface area (Å²) in [6, 6.07) is 16.1. The highest BCUT2D eigenvalue weighted by Gasteiger charge is 2.07. The van der Waals surface area contributed by atoms with Crippen LogP contribution in [0.2, 0.25) is 0 Å². The molecule has 1 atom stereocenters. The van der Waals surface area contributed by atoms with Crippen LogP contribution in [0, 0.1) is 5.82 Å². The molecule has 2 aromatic rings. The van der Waals surface area contributed by atoms with Gasteiger partial charge in [0.05, 0.1) is 12.6 Å². The van der Waals surface area contributed by atoms with Gasteiger partial charge in [-0.3, -0.25) is 4.99 Å². The van der Waals surface area contributed by atoms with Crippen molar-refractivity contribution >= 4 is 17.7 Å². The van der Waals surface area contributed by atoms with E-state index in [1.54, 1.807) is 23.9 Å². The largest absolute Gasteiger partial charge is 0.386 e. The molecule has 0 aliphatic heterocycles. The van der Waals surface area contributed by atoms with Crippen molar-refractivity contribution in [1.82, 2.24) is 10.6 Å². The van der Waals surface area contributed by atoms with E-state index in [9.17, 15) is 9.50 Å². The molecule has 1 unspecified atom stereocenters. The molecule has 4 nitrogen and oxygen atoms in total. The maximum Gasteiger partial charge on any atom is 0.191 e. The molecule has 2 rings (SSSR count). The summed E-state index contributed by atoms with van der Waals surface area (Å²) < 4.78 is 12.9. The third kappa shape index (κ3) is 7.15. The number of nitrogens with zero attached hydrogens (tertiary/aromatic N) is 1. The number of thioether (sulfide) groups is 1. The molecule has 3 N–H and O–H groups in total. The molecule has 25 heavy (non-hydrogen) atoms. The molecule has 0 bridgehead atoms. The average Bonchev–Trinajstić information content (AvgIpc) is 2.64. The van der Waals surface area contributed by atoms with Crippen molar-refractivity contribution in [3.05, 3.63) is 66.0 Å². The molecule has 2 aromatic carbocycles. The summed E-state index contributed by atoms with van der Waals surface area (Å²) in [7, 11) is 0. The van der Waals surface area contributed by atoms with Crippen LogP contribution in [-0.2, 0) is 0 Å². The molecular weight excluding hydrogens is 337 g/mol. The van der Waals surface area contributed by atoms with Crippen LogP contribution in [0.4, 0.5) is 4.39 Å². The Hall–Kier alpha value is -2.05. The van der Waals surface area contributed by atoms with Crippen LogP contribution in [0.25, 0.3) is 0 Å². The molecule has 0 heterocycles. The molecule has 0 radical (unpaired) electrons. The third-order valence-electron chi connectivity index (χ3n) is 3.43. The molecule has 0 saturated heterocycles. The minimum Gasteiger partial charge on any atom is -0.386 e. The Balaban J connectivity index is 1.80. The van der Waals surface area contributed by atoms with Crippen molar-refractivity contribution in [2.24, 2.45) is 4.99 Å². The number of aliphatic hydroxyl groups excluding tert-OH is 1. The highest BCUT2D eigenvalue weighted by molar-refractivity contribution is 7.99. The highest BCUT2D eigenvalue weighted by Crippen LogP contribution is 2.16. The zero-order chi connectivity index (χ0) is 17.9. The van der Waals surface area contributed by atoms with Crippen LogP contribution in [0.5, 0.6) is 0 Å². The normalized spacial score (nSPS) is 12.7.